The maximum Gasteiger partial charge on any atom is 0.347 e. The lowest BCUT2D eigenvalue weighted by Crippen LogP contribution is -2.27. The number of nitrogens with zero attached hydrogens (tertiary/aromatic N) is 2. The maximum absolute atomic E-state index is 11.3. The SMILES string of the molecule is NC(Cn1cccnc1=O)c1ccco1. The van der Waals surface area contributed by atoms with Gasteiger partial charge in [0.05, 0.1) is 12.3 Å². The lowest BCUT2D eigenvalue weighted by Gasteiger charge is -2.09. The van der Waals surface area contributed by atoms with E-state index in [1.54, 1.807) is 30.7 Å². The third-order valence-corrected chi connectivity index (χ3v) is 2.08. The van der Waals surface area contributed by atoms with E-state index in [-0.39, 0.29) is 11.7 Å². The third-order valence-electron chi connectivity index (χ3n) is 2.08. The maximum atomic E-state index is 11.3. The molecule has 0 aromatic carbocycles. The van der Waals surface area contributed by atoms with Crippen molar-refractivity contribution < 1.29 is 4.42 Å². The van der Waals surface area contributed by atoms with Crippen LogP contribution in [0.4, 0.5) is 0 Å². The molecule has 0 spiro atoms. The van der Waals surface area contributed by atoms with E-state index in [1.807, 2.05) is 0 Å². The van der Waals surface area contributed by atoms with Gasteiger partial charge in [0.2, 0.25) is 0 Å². The molecule has 5 heteroatoms. The Morgan fingerprint density at radius 2 is 2.40 bits per heavy atom. The van der Waals surface area contributed by atoms with E-state index >= 15 is 0 Å². The minimum absolute atomic E-state index is 0.306. The van der Waals surface area contributed by atoms with Crippen molar-refractivity contribution in [2.75, 3.05) is 0 Å². The Balaban J connectivity index is 2.16. The van der Waals surface area contributed by atoms with Crippen LogP contribution in [0.2, 0.25) is 0 Å². The average Bonchev–Trinajstić information content (AvgIpc) is 2.74. The quantitative estimate of drug-likeness (QED) is 0.793. The van der Waals surface area contributed by atoms with E-state index in [0.29, 0.717) is 12.3 Å². The summed E-state index contributed by atoms with van der Waals surface area (Å²) in [5, 5.41) is 0. The zero-order valence-electron chi connectivity index (χ0n) is 8.04. The normalized spacial score (nSPS) is 12.6. The Morgan fingerprint density at radius 1 is 1.53 bits per heavy atom. The van der Waals surface area contributed by atoms with Gasteiger partial charge < -0.3 is 10.2 Å². The first-order chi connectivity index (χ1) is 7.27. The van der Waals surface area contributed by atoms with Crippen molar-refractivity contribution in [3.63, 3.8) is 0 Å². The third kappa shape index (κ3) is 2.13. The number of furan rings is 1. The molecule has 0 aliphatic rings. The van der Waals surface area contributed by atoms with E-state index in [1.165, 1.54) is 10.8 Å². The van der Waals surface area contributed by atoms with Crippen LogP contribution < -0.4 is 11.4 Å². The van der Waals surface area contributed by atoms with Crippen molar-refractivity contribution in [2.45, 2.75) is 12.6 Å². The van der Waals surface area contributed by atoms with Crippen molar-refractivity contribution in [2.24, 2.45) is 5.73 Å². The summed E-state index contributed by atoms with van der Waals surface area (Å²) >= 11 is 0. The first-order valence-corrected chi connectivity index (χ1v) is 4.58. The summed E-state index contributed by atoms with van der Waals surface area (Å²) < 4.78 is 6.60. The molecule has 5 nitrogen and oxygen atoms in total. The van der Waals surface area contributed by atoms with Crippen LogP contribution in [0.1, 0.15) is 11.8 Å². The number of hydrogen-bond donors (Lipinski definition) is 1. The molecule has 78 valence electrons. The van der Waals surface area contributed by atoms with Crippen LogP contribution in [0.5, 0.6) is 0 Å². The summed E-state index contributed by atoms with van der Waals surface area (Å²) in [6, 6.07) is 4.91. The Bertz CT molecular complexity index is 475. The van der Waals surface area contributed by atoms with Gasteiger partial charge in [0.25, 0.3) is 0 Å². The molecule has 2 aromatic heterocycles. The van der Waals surface area contributed by atoms with Gasteiger partial charge in [-0.05, 0) is 18.2 Å². The fourth-order valence-corrected chi connectivity index (χ4v) is 1.33. The van der Waals surface area contributed by atoms with E-state index in [2.05, 4.69) is 4.98 Å². The van der Waals surface area contributed by atoms with Crippen LogP contribution >= 0.6 is 0 Å². The van der Waals surface area contributed by atoms with Crippen LogP contribution in [-0.4, -0.2) is 9.55 Å². The molecular formula is C10H11N3O2. The smallest absolute Gasteiger partial charge is 0.347 e. The molecule has 1 atom stereocenters. The van der Waals surface area contributed by atoms with Crippen LogP contribution in [0.15, 0.2) is 46.1 Å². The van der Waals surface area contributed by atoms with Crippen LogP contribution in [-0.2, 0) is 6.54 Å². The van der Waals surface area contributed by atoms with Crippen LogP contribution in [0.3, 0.4) is 0 Å². The summed E-state index contributed by atoms with van der Waals surface area (Å²) in [7, 11) is 0. The molecule has 0 aliphatic heterocycles. The Hall–Kier alpha value is -1.88. The fraction of sp³-hybridized carbons (Fsp3) is 0.200. The summed E-state index contributed by atoms with van der Waals surface area (Å²) in [5.74, 6) is 0.658. The highest BCUT2D eigenvalue weighted by atomic mass is 16.3. The zero-order chi connectivity index (χ0) is 10.7. The monoisotopic (exact) mass is 205 g/mol. The van der Waals surface area contributed by atoms with Crippen LogP contribution in [0.25, 0.3) is 0 Å². The summed E-state index contributed by atoms with van der Waals surface area (Å²) in [6.45, 7) is 0.361. The van der Waals surface area contributed by atoms with Crippen molar-refractivity contribution in [3.05, 3.63) is 53.1 Å². The van der Waals surface area contributed by atoms with Gasteiger partial charge in [-0.2, -0.15) is 0 Å². The molecule has 1 unspecified atom stereocenters. The molecule has 2 rings (SSSR count). The second-order valence-corrected chi connectivity index (χ2v) is 3.18. The van der Waals surface area contributed by atoms with E-state index < -0.39 is 0 Å². The standard InChI is InChI=1S/C10H11N3O2/c11-8(9-3-1-6-15-9)7-13-5-2-4-12-10(13)14/h1-6,8H,7,11H2. The minimum Gasteiger partial charge on any atom is -0.468 e. The highest BCUT2D eigenvalue weighted by Gasteiger charge is 2.09. The fourth-order valence-electron chi connectivity index (χ4n) is 1.33. The van der Waals surface area contributed by atoms with E-state index in [9.17, 15) is 4.79 Å². The van der Waals surface area contributed by atoms with Crippen molar-refractivity contribution >= 4 is 0 Å². The van der Waals surface area contributed by atoms with Gasteiger partial charge in [-0.25, -0.2) is 9.78 Å². The van der Waals surface area contributed by atoms with Gasteiger partial charge >= 0.3 is 5.69 Å². The van der Waals surface area contributed by atoms with Gasteiger partial charge in [-0.3, -0.25) is 4.57 Å². The molecule has 2 aromatic rings. The lowest BCUT2D eigenvalue weighted by atomic mass is 10.2. The first kappa shape index (κ1) is 9.67. The van der Waals surface area contributed by atoms with E-state index in [0.717, 1.165) is 0 Å². The first-order valence-electron chi connectivity index (χ1n) is 4.58. The highest BCUT2D eigenvalue weighted by molar-refractivity contribution is 5.03. The zero-order valence-corrected chi connectivity index (χ0v) is 8.04. The largest absolute Gasteiger partial charge is 0.468 e. The predicted octanol–water partition coefficient (Wildman–Crippen LogP) is 0.536. The second-order valence-electron chi connectivity index (χ2n) is 3.18. The average molecular weight is 205 g/mol. The minimum atomic E-state index is -0.332. The molecule has 15 heavy (non-hydrogen) atoms. The van der Waals surface area contributed by atoms with Gasteiger partial charge in [0.15, 0.2) is 0 Å². The number of nitrogens with two attached hydrogens (primary N) is 1. The van der Waals surface area contributed by atoms with Gasteiger partial charge in [0.1, 0.15) is 5.76 Å². The van der Waals surface area contributed by atoms with Crippen molar-refractivity contribution in [1.82, 2.24) is 9.55 Å². The summed E-state index contributed by atoms with van der Waals surface area (Å²) in [5.41, 5.74) is 5.55. The van der Waals surface area contributed by atoms with Gasteiger partial charge in [-0.15, -0.1) is 0 Å². The highest BCUT2D eigenvalue weighted by Crippen LogP contribution is 2.11. The number of rotatable bonds is 3. The molecule has 0 saturated carbocycles. The molecule has 0 saturated heterocycles. The molecule has 0 bridgehead atoms. The lowest BCUT2D eigenvalue weighted by molar-refractivity contribution is 0.429. The van der Waals surface area contributed by atoms with Crippen LogP contribution in [0, 0.1) is 0 Å². The number of hydrogen-bond acceptors (Lipinski definition) is 4. The molecule has 0 fully saturated rings. The molecule has 0 aliphatic carbocycles. The number of aromatic nitrogens is 2. The summed E-state index contributed by atoms with van der Waals surface area (Å²) in [4.78, 5) is 14.9. The second kappa shape index (κ2) is 4.10. The molecule has 2 heterocycles. The predicted molar refractivity (Wildman–Crippen MR) is 54.1 cm³/mol. The van der Waals surface area contributed by atoms with Gasteiger partial charge in [0, 0.05) is 18.9 Å². The molecule has 0 amide bonds. The Morgan fingerprint density at radius 3 is 3.07 bits per heavy atom. The molecular weight excluding hydrogens is 194 g/mol. The Labute approximate surface area is 86.2 Å². The van der Waals surface area contributed by atoms with Crippen molar-refractivity contribution in [3.8, 4) is 0 Å². The van der Waals surface area contributed by atoms with Crippen molar-refractivity contribution in [1.29, 1.82) is 0 Å². The van der Waals surface area contributed by atoms with E-state index in [4.69, 9.17) is 10.2 Å². The Kier molecular flexibility index (Phi) is 2.64. The topological polar surface area (TPSA) is 74.1 Å². The molecule has 0 radical (unpaired) electrons. The van der Waals surface area contributed by atoms with Gasteiger partial charge in [-0.1, -0.05) is 0 Å². The molecule has 2 N–H and O–H groups in total. The summed E-state index contributed by atoms with van der Waals surface area (Å²) in [6.07, 6.45) is 4.66.